The van der Waals surface area contributed by atoms with E-state index in [4.69, 9.17) is 10.9 Å². The van der Waals surface area contributed by atoms with Crippen molar-refractivity contribution in [2.75, 3.05) is 7.05 Å². The molecule has 1 heterocycles. The van der Waals surface area contributed by atoms with Crippen LogP contribution in [0.1, 0.15) is 5.69 Å². The summed E-state index contributed by atoms with van der Waals surface area (Å²) in [6, 6.07) is 1.82. The van der Waals surface area contributed by atoms with E-state index in [-0.39, 0.29) is 5.96 Å². The number of hydrogen-bond donors (Lipinski definition) is 3. The van der Waals surface area contributed by atoms with Crippen LogP contribution in [0.25, 0.3) is 0 Å². The minimum atomic E-state index is 0.0737. The molecule has 0 aliphatic heterocycles. The molecule has 1 rings (SSSR count). The molecule has 0 aliphatic rings. The number of hydrogen-bond acceptors (Lipinski definition) is 3. The van der Waals surface area contributed by atoms with E-state index in [0.717, 1.165) is 5.69 Å². The summed E-state index contributed by atoms with van der Waals surface area (Å²) in [5.41, 5.74) is 6.23. The van der Waals surface area contributed by atoms with Crippen LogP contribution < -0.4 is 5.73 Å². The molecular weight excluding hydrogens is 158 g/mol. The van der Waals surface area contributed by atoms with Crippen molar-refractivity contribution < 1.29 is 5.21 Å². The number of nitrogens with two attached hydrogens (primary N) is 1. The van der Waals surface area contributed by atoms with Crippen molar-refractivity contribution in [1.82, 2.24) is 15.1 Å². The molecule has 0 saturated carbocycles. The van der Waals surface area contributed by atoms with Gasteiger partial charge >= 0.3 is 0 Å². The van der Waals surface area contributed by atoms with Crippen molar-refractivity contribution in [3.63, 3.8) is 0 Å². The maximum absolute atomic E-state index is 8.33. The predicted octanol–water partition coefficient (Wildman–Crippen LogP) is -0.455. The molecule has 0 saturated heterocycles. The van der Waals surface area contributed by atoms with Crippen LogP contribution in [-0.4, -0.2) is 33.3 Å². The molecule has 0 fully saturated rings. The normalized spacial score (nSPS) is 11.6. The van der Waals surface area contributed by atoms with E-state index in [1.807, 2.05) is 6.07 Å². The van der Waals surface area contributed by atoms with Gasteiger partial charge in [0.05, 0.1) is 12.2 Å². The lowest BCUT2D eigenvalue weighted by Gasteiger charge is -2.14. The SMILES string of the molecule is CN(Cc1ccn[nH]1)/C(N)=N/O. The average Bonchev–Trinajstić information content (AvgIpc) is 2.55. The maximum Gasteiger partial charge on any atom is 0.233 e. The summed E-state index contributed by atoms with van der Waals surface area (Å²) in [4.78, 5) is 1.59. The monoisotopic (exact) mass is 169 g/mol. The van der Waals surface area contributed by atoms with E-state index < -0.39 is 0 Å². The largest absolute Gasteiger partial charge is 0.408 e. The summed E-state index contributed by atoms with van der Waals surface area (Å²) in [6.07, 6.45) is 1.65. The lowest BCUT2D eigenvalue weighted by atomic mass is 10.4. The number of nitrogens with one attached hydrogen (secondary N) is 1. The molecular formula is C6H11N5O. The number of guanidine groups is 1. The van der Waals surface area contributed by atoms with Gasteiger partial charge in [-0.1, -0.05) is 5.16 Å². The zero-order chi connectivity index (χ0) is 8.97. The summed E-state index contributed by atoms with van der Waals surface area (Å²) in [5, 5.41) is 17.7. The standard InChI is InChI=1S/C6H11N5O/c1-11(6(7)10-12)4-5-2-3-8-9-5/h2-3,12H,4H2,1H3,(H2,7,10)(H,8,9). The second kappa shape index (κ2) is 3.61. The van der Waals surface area contributed by atoms with Crippen LogP contribution in [-0.2, 0) is 6.54 Å². The zero-order valence-electron chi connectivity index (χ0n) is 6.73. The fourth-order valence-corrected chi connectivity index (χ4v) is 0.786. The topological polar surface area (TPSA) is 90.5 Å². The van der Waals surface area contributed by atoms with Gasteiger partial charge in [0.1, 0.15) is 0 Å². The van der Waals surface area contributed by atoms with E-state index in [2.05, 4.69) is 15.4 Å². The molecule has 0 aliphatic carbocycles. The molecule has 0 aromatic carbocycles. The van der Waals surface area contributed by atoms with Gasteiger partial charge in [-0.25, -0.2) is 0 Å². The number of aromatic nitrogens is 2. The molecule has 66 valence electrons. The summed E-state index contributed by atoms with van der Waals surface area (Å²) in [7, 11) is 1.72. The van der Waals surface area contributed by atoms with Crippen LogP contribution in [0.15, 0.2) is 17.4 Å². The third-order valence-electron chi connectivity index (χ3n) is 1.46. The van der Waals surface area contributed by atoms with Crippen LogP contribution in [0.3, 0.4) is 0 Å². The van der Waals surface area contributed by atoms with Gasteiger partial charge in [0.15, 0.2) is 0 Å². The average molecular weight is 169 g/mol. The maximum atomic E-state index is 8.33. The van der Waals surface area contributed by atoms with Gasteiger partial charge in [-0.3, -0.25) is 5.10 Å². The highest BCUT2D eigenvalue weighted by atomic mass is 16.4. The Balaban J connectivity index is 2.53. The van der Waals surface area contributed by atoms with Crippen LogP contribution in [0.5, 0.6) is 0 Å². The Morgan fingerprint density at radius 2 is 2.67 bits per heavy atom. The first kappa shape index (κ1) is 8.38. The van der Waals surface area contributed by atoms with E-state index in [0.29, 0.717) is 6.54 Å². The molecule has 0 radical (unpaired) electrons. The summed E-state index contributed by atoms with van der Waals surface area (Å²) in [6.45, 7) is 0.538. The van der Waals surface area contributed by atoms with Crippen molar-refractivity contribution in [3.05, 3.63) is 18.0 Å². The third kappa shape index (κ3) is 1.88. The smallest absolute Gasteiger partial charge is 0.233 e. The van der Waals surface area contributed by atoms with Crippen LogP contribution in [0, 0.1) is 0 Å². The van der Waals surface area contributed by atoms with Gasteiger partial charge < -0.3 is 15.8 Å². The predicted molar refractivity (Wildman–Crippen MR) is 43.5 cm³/mol. The third-order valence-corrected chi connectivity index (χ3v) is 1.46. The molecule has 1 aromatic rings. The highest BCUT2D eigenvalue weighted by molar-refractivity contribution is 5.76. The van der Waals surface area contributed by atoms with E-state index in [1.165, 1.54) is 0 Å². The Labute approximate surface area is 69.7 Å². The second-order valence-corrected chi connectivity index (χ2v) is 2.40. The molecule has 1 aromatic heterocycles. The van der Waals surface area contributed by atoms with Gasteiger partial charge in [-0.15, -0.1) is 0 Å². The minimum Gasteiger partial charge on any atom is -0.408 e. The lowest BCUT2D eigenvalue weighted by molar-refractivity contribution is 0.303. The Bertz CT molecular complexity index is 255. The molecule has 6 heteroatoms. The first-order chi connectivity index (χ1) is 5.74. The summed E-state index contributed by atoms with van der Waals surface area (Å²) < 4.78 is 0. The van der Waals surface area contributed by atoms with Crippen molar-refractivity contribution >= 4 is 5.96 Å². The van der Waals surface area contributed by atoms with Crippen molar-refractivity contribution in [2.45, 2.75) is 6.54 Å². The minimum absolute atomic E-state index is 0.0737. The Morgan fingerprint density at radius 1 is 1.92 bits per heavy atom. The first-order valence-electron chi connectivity index (χ1n) is 3.41. The van der Waals surface area contributed by atoms with Gasteiger partial charge in [0.2, 0.25) is 5.96 Å². The zero-order valence-corrected chi connectivity index (χ0v) is 6.73. The fourth-order valence-electron chi connectivity index (χ4n) is 0.786. The van der Waals surface area contributed by atoms with Crippen LogP contribution in [0.4, 0.5) is 0 Å². The summed E-state index contributed by atoms with van der Waals surface area (Å²) in [5.74, 6) is 0.0737. The van der Waals surface area contributed by atoms with E-state index in [1.54, 1.807) is 18.1 Å². The molecule has 4 N–H and O–H groups in total. The summed E-state index contributed by atoms with van der Waals surface area (Å²) >= 11 is 0. The van der Waals surface area contributed by atoms with Crippen molar-refractivity contribution in [2.24, 2.45) is 10.9 Å². The number of H-pyrrole nitrogens is 1. The highest BCUT2D eigenvalue weighted by Gasteiger charge is 2.03. The molecule has 12 heavy (non-hydrogen) atoms. The first-order valence-corrected chi connectivity index (χ1v) is 3.41. The number of nitrogens with zero attached hydrogens (tertiary/aromatic N) is 3. The number of aromatic amines is 1. The number of oxime groups is 1. The van der Waals surface area contributed by atoms with Gasteiger partial charge in [0.25, 0.3) is 0 Å². The van der Waals surface area contributed by atoms with Crippen molar-refractivity contribution in [3.8, 4) is 0 Å². The Morgan fingerprint density at radius 3 is 3.17 bits per heavy atom. The molecule has 6 nitrogen and oxygen atoms in total. The second-order valence-electron chi connectivity index (χ2n) is 2.40. The highest BCUT2D eigenvalue weighted by Crippen LogP contribution is 1.96. The quantitative estimate of drug-likeness (QED) is 0.242. The molecule has 0 atom stereocenters. The molecule has 0 amide bonds. The Kier molecular flexibility index (Phi) is 2.52. The molecule has 0 spiro atoms. The van der Waals surface area contributed by atoms with Crippen molar-refractivity contribution in [1.29, 1.82) is 0 Å². The fraction of sp³-hybridized carbons (Fsp3) is 0.333. The van der Waals surface area contributed by atoms with Crippen LogP contribution in [0.2, 0.25) is 0 Å². The van der Waals surface area contributed by atoms with E-state index >= 15 is 0 Å². The Hall–Kier alpha value is -1.72. The molecule has 0 bridgehead atoms. The lowest BCUT2D eigenvalue weighted by Crippen LogP contribution is -2.33. The van der Waals surface area contributed by atoms with Gasteiger partial charge in [0, 0.05) is 13.2 Å². The molecule has 0 unspecified atom stereocenters. The van der Waals surface area contributed by atoms with Gasteiger partial charge in [-0.2, -0.15) is 5.10 Å². The van der Waals surface area contributed by atoms with Gasteiger partial charge in [-0.05, 0) is 6.07 Å². The van der Waals surface area contributed by atoms with Crippen LogP contribution >= 0.6 is 0 Å². The number of rotatable bonds is 2. The van der Waals surface area contributed by atoms with E-state index in [9.17, 15) is 0 Å².